The molecule has 1 saturated heterocycles. The maximum atomic E-state index is 12.0. The van der Waals surface area contributed by atoms with Crippen LogP contribution in [0.4, 0.5) is 0 Å². The van der Waals surface area contributed by atoms with E-state index in [9.17, 15) is 9.90 Å². The normalized spacial score (nSPS) is 23.8. The number of carbonyl (C=O) groups is 1. The molecule has 1 heterocycles. The fourth-order valence-corrected chi connectivity index (χ4v) is 2.36. The number of aliphatic hydroxyl groups is 1. The Morgan fingerprint density at radius 3 is 2.84 bits per heavy atom. The van der Waals surface area contributed by atoms with Crippen LogP contribution in [0.5, 0.6) is 0 Å². The van der Waals surface area contributed by atoms with Crippen molar-refractivity contribution in [3.63, 3.8) is 0 Å². The molecule has 102 valence electrons. The molecule has 1 amide bonds. The number of rotatable bonds is 4. The standard InChI is InChI=1S/C15H20N2O2/c1-2-9-17-10-8-13(14(18)11-17)16-15(19)12-6-4-3-5-7-12/h2-7,13-14,18H,1,8-11H2,(H,16,19). The third-order valence-electron chi connectivity index (χ3n) is 3.41. The van der Waals surface area contributed by atoms with Crippen LogP contribution in [-0.2, 0) is 0 Å². The van der Waals surface area contributed by atoms with Crippen molar-refractivity contribution in [2.75, 3.05) is 19.6 Å². The van der Waals surface area contributed by atoms with Gasteiger partial charge in [0.1, 0.15) is 0 Å². The van der Waals surface area contributed by atoms with Gasteiger partial charge >= 0.3 is 0 Å². The average Bonchev–Trinajstić information content (AvgIpc) is 2.43. The maximum Gasteiger partial charge on any atom is 0.251 e. The van der Waals surface area contributed by atoms with Gasteiger partial charge in [-0.3, -0.25) is 9.69 Å². The summed E-state index contributed by atoms with van der Waals surface area (Å²) in [4.78, 5) is 14.1. The van der Waals surface area contributed by atoms with Gasteiger partial charge in [-0.15, -0.1) is 6.58 Å². The fraction of sp³-hybridized carbons (Fsp3) is 0.400. The number of likely N-dealkylation sites (tertiary alicyclic amines) is 1. The molecule has 0 radical (unpaired) electrons. The zero-order chi connectivity index (χ0) is 13.7. The zero-order valence-corrected chi connectivity index (χ0v) is 11.0. The van der Waals surface area contributed by atoms with Gasteiger partial charge in [0.25, 0.3) is 5.91 Å². The topological polar surface area (TPSA) is 52.6 Å². The molecule has 2 N–H and O–H groups in total. The van der Waals surface area contributed by atoms with E-state index in [0.29, 0.717) is 12.1 Å². The monoisotopic (exact) mass is 260 g/mol. The summed E-state index contributed by atoms with van der Waals surface area (Å²) in [6.07, 6.45) is 2.06. The second-order valence-corrected chi connectivity index (χ2v) is 4.85. The molecule has 0 spiro atoms. The minimum Gasteiger partial charge on any atom is -0.390 e. The largest absolute Gasteiger partial charge is 0.390 e. The molecular formula is C15H20N2O2. The van der Waals surface area contributed by atoms with Crippen molar-refractivity contribution < 1.29 is 9.90 Å². The first-order valence-corrected chi connectivity index (χ1v) is 6.58. The lowest BCUT2D eigenvalue weighted by Gasteiger charge is -2.35. The molecule has 4 nitrogen and oxygen atoms in total. The van der Waals surface area contributed by atoms with Crippen molar-refractivity contribution in [2.45, 2.75) is 18.6 Å². The van der Waals surface area contributed by atoms with E-state index in [1.54, 1.807) is 12.1 Å². The lowest BCUT2D eigenvalue weighted by molar-refractivity contribution is 0.0422. The Labute approximate surface area is 113 Å². The first kappa shape index (κ1) is 13.8. The molecule has 0 saturated carbocycles. The number of nitrogens with one attached hydrogen (secondary N) is 1. The van der Waals surface area contributed by atoms with Crippen molar-refractivity contribution in [3.8, 4) is 0 Å². The highest BCUT2D eigenvalue weighted by Gasteiger charge is 2.28. The molecule has 19 heavy (non-hydrogen) atoms. The Hall–Kier alpha value is -1.65. The van der Waals surface area contributed by atoms with Gasteiger partial charge in [0.2, 0.25) is 0 Å². The van der Waals surface area contributed by atoms with Crippen molar-refractivity contribution in [3.05, 3.63) is 48.6 Å². The number of hydrogen-bond acceptors (Lipinski definition) is 3. The highest BCUT2D eigenvalue weighted by molar-refractivity contribution is 5.94. The van der Waals surface area contributed by atoms with E-state index in [4.69, 9.17) is 0 Å². The number of aliphatic hydroxyl groups excluding tert-OH is 1. The number of nitrogens with zero attached hydrogens (tertiary/aromatic N) is 1. The minimum absolute atomic E-state index is 0.123. The number of benzene rings is 1. The summed E-state index contributed by atoms with van der Waals surface area (Å²) in [6.45, 7) is 5.91. The third kappa shape index (κ3) is 3.66. The molecule has 2 unspecified atom stereocenters. The van der Waals surface area contributed by atoms with Gasteiger partial charge in [0.05, 0.1) is 12.1 Å². The fourth-order valence-electron chi connectivity index (χ4n) is 2.36. The van der Waals surface area contributed by atoms with Crippen LogP contribution < -0.4 is 5.32 Å². The highest BCUT2D eigenvalue weighted by atomic mass is 16.3. The number of carbonyl (C=O) groups excluding carboxylic acids is 1. The van der Waals surface area contributed by atoms with E-state index < -0.39 is 6.10 Å². The van der Waals surface area contributed by atoms with Crippen molar-refractivity contribution in [1.82, 2.24) is 10.2 Å². The summed E-state index contributed by atoms with van der Waals surface area (Å²) >= 11 is 0. The first-order chi connectivity index (χ1) is 9.20. The van der Waals surface area contributed by atoms with Gasteiger partial charge in [0, 0.05) is 25.2 Å². The summed E-state index contributed by atoms with van der Waals surface area (Å²) in [5, 5.41) is 13.0. The van der Waals surface area contributed by atoms with E-state index in [1.165, 1.54) is 0 Å². The van der Waals surface area contributed by atoms with Crippen LogP contribution >= 0.6 is 0 Å². The maximum absolute atomic E-state index is 12.0. The third-order valence-corrected chi connectivity index (χ3v) is 3.41. The van der Waals surface area contributed by atoms with Gasteiger partial charge in [-0.1, -0.05) is 24.3 Å². The molecule has 2 rings (SSSR count). The number of hydrogen-bond donors (Lipinski definition) is 2. The molecule has 1 aromatic carbocycles. The lowest BCUT2D eigenvalue weighted by atomic mass is 10.0. The van der Waals surface area contributed by atoms with Crippen molar-refractivity contribution in [2.24, 2.45) is 0 Å². The molecule has 1 aliphatic heterocycles. The van der Waals surface area contributed by atoms with Crippen LogP contribution in [0.15, 0.2) is 43.0 Å². The Balaban J connectivity index is 1.90. The van der Waals surface area contributed by atoms with Gasteiger partial charge in [-0.25, -0.2) is 0 Å². The first-order valence-electron chi connectivity index (χ1n) is 6.58. The number of amides is 1. The molecular weight excluding hydrogens is 240 g/mol. The van der Waals surface area contributed by atoms with Gasteiger partial charge in [-0.05, 0) is 18.6 Å². The Morgan fingerprint density at radius 1 is 1.47 bits per heavy atom. The summed E-state index contributed by atoms with van der Waals surface area (Å²) in [5.74, 6) is -0.123. The molecule has 1 fully saturated rings. The summed E-state index contributed by atoms with van der Waals surface area (Å²) in [6, 6.07) is 8.91. The van der Waals surface area contributed by atoms with Crippen molar-refractivity contribution >= 4 is 5.91 Å². The Kier molecular flexibility index (Phi) is 4.71. The van der Waals surface area contributed by atoms with E-state index in [2.05, 4.69) is 16.8 Å². The second kappa shape index (κ2) is 6.50. The summed E-state index contributed by atoms with van der Waals surface area (Å²) in [5.41, 5.74) is 0.628. The minimum atomic E-state index is -0.527. The molecule has 0 bridgehead atoms. The van der Waals surface area contributed by atoms with Crippen LogP contribution in [0.25, 0.3) is 0 Å². The Bertz CT molecular complexity index is 433. The molecule has 1 aromatic rings. The molecule has 2 atom stereocenters. The van der Waals surface area contributed by atoms with E-state index in [0.717, 1.165) is 19.5 Å². The van der Waals surface area contributed by atoms with Gasteiger partial charge in [-0.2, -0.15) is 0 Å². The van der Waals surface area contributed by atoms with E-state index >= 15 is 0 Å². The number of β-amino-alcohol motifs (C(OH)–C–C–N with tert-alkyl or cyclic N) is 1. The van der Waals surface area contributed by atoms with Crippen LogP contribution in [0.2, 0.25) is 0 Å². The Morgan fingerprint density at radius 2 is 2.21 bits per heavy atom. The summed E-state index contributed by atoms with van der Waals surface area (Å²) in [7, 11) is 0. The van der Waals surface area contributed by atoms with E-state index in [-0.39, 0.29) is 11.9 Å². The van der Waals surface area contributed by atoms with Crippen LogP contribution in [0, 0.1) is 0 Å². The zero-order valence-electron chi connectivity index (χ0n) is 11.0. The smallest absolute Gasteiger partial charge is 0.251 e. The highest BCUT2D eigenvalue weighted by Crippen LogP contribution is 2.12. The van der Waals surface area contributed by atoms with Gasteiger partial charge < -0.3 is 10.4 Å². The molecule has 0 aliphatic carbocycles. The second-order valence-electron chi connectivity index (χ2n) is 4.85. The predicted molar refractivity (Wildman–Crippen MR) is 75.0 cm³/mol. The molecule has 0 aromatic heterocycles. The SMILES string of the molecule is C=CCN1CCC(NC(=O)c2ccccc2)C(O)C1. The lowest BCUT2D eigenvalue weighted by Crippen LogP contribution is -2.54. The van der Waals surface area contributed by atoms with E-state index in [1.807, 2.05) is 24.3 Å². The van der Waals surface area contributed by atoms with Crippen molar-refractivity contribution in [1.29, 1.82) is 0 Å². The molecule has 4 heteroatoms. The van der Waals surface area contributed by atoms with Crippen LogP contribution in [-0.4, -0.2) is 47.7 Å². The van der Waals surface area contributed by atoms with Gasteiger partial charge in [0.15, 0.2) is 0 Å². The number of piperidine rings is 1. The predicted octanol–water partition coefficient (Wildman–Crippen LogP) is 1.04. The summed E-state index contributed by atoms with van der Waals surface area (Å²) < 4.78 is 0. The van der Waals surface area contributed by atoms with Crippen LogP contribution in [0.1, 0.15) is 16.8 Å². The molecule has 1 aliphatic rings. The quantitative estimate of drug-likeness (QED) is 0.795. The average molecular weight is 260 g/mol. The van der Waals surface area contributed by atoms with Crippen LogP contribution in [0.3, 0.4) is 0 Å².